The van der Waals surface area contributed by atoms with Gasteiger partial charge in [-0.2, -0.15) is 0 Å². The minimum atomic E-state index is -4.71. The fraction of sp³-hybridized carbons (Fsp3) is 0.0952. The first kappa shape index (κ1) is 21.5. The van der Waals surface area contributed by atoms with Crippen molar-refractivity contribution in [2.75, 3.05) is 11.9 Å². The second-order valence-corrected chi connectivity index (χ2v) is 7.75. The maximum Gasteiger partial charge on any atom is 1.00 e. The zero-order chi connectivity index (χ0) is 19.7. The van der Waals surface area contributed by atoms with Gasteiger partial charge in [0.15, 0.2) is 0 Å². The van der Waals surface area contributed by atoms with Gasteiger partial charge in [-0.1, -0.05) is 60.7 Å². The van der Waals surface area contributed by atoms with Crippen LogP contribution in [0.2, 0.25) is 0 Å². The van der Waals surface area contributed by atoms with Gasteiger partial charge in [-0.25, -0.2) is 13.2 Å². The van der Waals surface area contributed by atoms with Crippen LogP contribution in [0.5, 0.6) is 0 Å². The fourth-order valence-electron chi connectivity index (χ4n) is 3.53. The number of amides is 1. The Morgan fingerprint density at radius 2 is 1.41 bits per heavy atom. The number of ether oxygens (including phenoxy) is 1. The van der Waals surface area contributed by atoms with Gasteiger partial charge >= 0.3 is 35.7 Å². The summed E-state index contributed by atoms with van der Waals surface area (Å²) in [5, 5.41) is 2.35. The number of anilines is 1. The van der Waals surface area contributed by atoms with Crippen molar-refractivity contribution in [1.82, 2.24) is 0 Å². The van der Waals surface area contributed by atoms with E-state index in [1.165, 1.54) is 18.2 Å². The molecule has 29 heavy (non-hydrogen) atoms. The summed E-state index contributed by atoms with van der Waals surface area (Å²) in [7, 11) is -4.71. The van der Waals surface area contributed by atoms with Crippen LogP contribution in [0, 0.1) is 0 Å². The molecule has 1 aliphatic rings. The molecule has 0 fully saturated rings. The molecule has 4 rings (SSSR count). The Labute approximate surface area is 191 Å². The fourth-order valence-corrected chi connectivity index (χ4v) is 4.17. The number of carbonyl (C=O) groups excluding carboxylic acids is 1. The van der Waals surface area contributed by atoms with Crippen LogP contribution in [0.25, 0.3) is 11.1 Å². The zero-order valence-corrected chi connectivity index (χ0v) is 18.5. The predicted molar refractivity (Wildman–Crippen MR) is 103 cm³/mol. The molecule has 0 saturated carbocycles. The first-order valence-corrected chi connectivity index (χ1v) is 10.0. The van der Waals surface area contributed by atoms with Gasteiger partial charge in [0.2, 0.25) is 0 Å². The monoisotopic (exact) mass is 417 g/mol. The van der Waals surface area contributed by atoms with E-state index < -0.39 is 21.1 Å². The molecule has 0 aromatic heterocycles. The maximum atomic E-state index is 12.2. The van der Waals surface area contributed by atoms with Crippen molar-refractivity contribution in [3.63, 3.8) is 0 Å². The first-order chi connectivity index (χ1) is 13.4. The van der Waals surface area contributed by atoms with E-state index in [9.17, 15) is 17.8 Å². The molecule has 0 saturated heterocycles. The van der Waals surface area contributed by atoms with Gasteiger partial charge in [0, 0.05) is 5.92 Å². The van der Waals surface area contributed by atoms with E-state index in [-0.39, 0.29) is 47.8 Å². The van der Waals surface area contributed by atoms with Crippen molar-refractivity contribution < 1.29 is 52.1 Å². The van der Waals surface area contributed by atoms with Crippen LogP contribution in [0.1, 0.15) is 17.0 Å². The predicted octanol–water partition coefficient (Wildman–Crippen LogP) is 0.956. The van der Waals surface area contributed by atoms with E-state index in [0.29, 0.717) is 0 Å². The smallest absolute Gasteiger partial charge is 0.744 e. The molecule has 0 bridgehead atoms. The largest absolute Gasteiger partial charge is 1.00 e. The molecule has 0 aliphatic heterocycles. The summed E-state index contributed by atoms with van der Waals surface area (Å²) in [6, 6.07) is 21.3. The van der Waals surface area contributed by atoms with E-state index in [0.717, 1.165) is 28.3 Å². The molecule has 0 radical (unpaired) electrons. The number of fused-ring (bicyclic) bond motifs is 3. The molecular weight excluding hydrogens is 401 g/mol. The van der Waals surface area contributed by atoms with E-state index in [2.05, 4.69) is 5.32 Å². The molecule has 6 nitrogen and oxygen atoms in total. The molecule has 0 spiro atoms. The number of rotatable bonds is 4. The number of para-hydroxylation sites is 1. The molecule has 0 heterocycles. The Bertz CT molecular complexity index is 1120. The average molecular weight is 417 g/mol. The zero-order valence-electron chi connectivity index (χ0n) is 15.7. The van der Waals surface area contributed by atoms with Crippen molar-refractivity contribution in [2.45, 2.75) is 10.8 Å². The third-order valence-corrected chi connectivity index (χ3v) is 5.63. The maximum absolute atomic E-state index is 12.2. The third kappa shape index (κ3) is 4.39. The van der Waals surface area contributed by atoms with Crippen molar-refractivity contribution in [3.8, 4) is 11.1 Å². The van der Waals surface area contributed by atoms with Crippen molar-refractivity contribution in [3.05, 3.63) is 83.9 Å². The minimum absolute atomic E-state index is 0. The topological polar surface area (TPSA) is 95.5 Å². The number of carbonyl (C=O) groups is 1. The van der Waals surface area contributed by atoms with Gasteiger partial charge in [0.05, 0.1) is 10.6 Å². The van der Waals surface area contributed by atoms with Gasteiger partial charge in [-0.3, -0.25) is 5.32 Å². The number of hydrogen-bond donors (Lipinski definition) is 1. The van der Waals surface area contributed by atoms with Crippen LogP contribution < -0.4 is 34.9 Å². The molecule has 8 heteroatoms. The molecule has 0 atom stereocenters. The molecule has 1 aliphatic carbocycles. The number of nitrogens with one attached hydrogen (secondary N) is 1. The Hall–Kier alpha value is -2.16. The third-order valence-electron chi connectivity index (χ3n) is 4.74. The van der Waals surface area contributed by atoms with Crippen molar-refractivity contribution >= 4 is 21.9 Å². The normalized spacial score (nSPS) is 12.4. The summed E-state index contributed by atoms with van der Waals surface area (Å²) in [6.45, 7) is 0.0894. The van der Waals surface area contributed by atoms with Gasteiger partial charge < -0.3 is 9.29 Å². The van der Waals surface area contributed by atoms with E-state index in [4.69, 9.17) is 4.74 Å². The van der Waals surface area contributed by atoms with E-state index >= 15 is 0 Å². The second-order valence-electron chi connectivity index (χ2n) is 6.40. The van der Waals surface area contributed by atoms with E-state index in [1.54, 1.807) is 0 Å². The molecule has 3 aromatic carbocycles. The van der Waals surface area contributed by atoms with Crippen LogP contribution in [-0.2, 0) is 14.9 Å². The Balaban J connectivity index is 0.00000240. The van der Waals surface area contributed by atoms with Gasteiger partial charge in [-0.05, 0) is 34.4 Å². The van der Waals surface area contributed by atoms with Crippen molar-refractivity contribution in [2.24, 2.45) is 0 Å². The standard InChI is InChI=1S/C21H17NO5S.Na/c23-21(22-19-11-5-6-12-20(19)28(24,25)26)27-13-18-16-9-3-1-7-14(16)15-8-2-4-10-17(15)18;/h1-12,18H,13H2,(H,22,23)(H,24,25,26);/q;+1/p-1. The SMILES string of the molecule is O=C(Nc1ccccc1S(=O)(=O)[O-])OCC1c2ccccc2-c2ccccc21.[Na+]. The summed E-state index contributed by atoms with van der Waals surface area (Å²) < 4.78 is 39.4. The number of benzene rings is 3. The molecule has 1 N–H and O–H groups in total. The van der Waals surface area contributed by atoms with Crippen molar-refractivity contribution in [1.29, 1.82) is 0 Å². The second kappa shape index (κ2) is 8.69. The average Bonchev–Trinajstić information content (AvgIpc) is 3.00. The quantitative estimate of drug-likeness (QED) is 0.504. The molecular formula is C21H16NNaO5S. The summed E-state index contributed by atoms with van der Waals surface area (Å²) >= 11 is 0. The van der Waals surface area contributed by atoms with Crippen LogP contribution in [-0.4, -0.2) is 25.7 Å². The van der Waals surface area contributed by atoms with Crippen LogP contribution >= 0.6 is 0 Å². The van der Waals surface area contributed by atoms with Gasteiger partial charge in [0.1, 0.15) is 16.7 Å². The summed E-state index contributed by atoms with van der Waals surface area (Å²) in [5.74, 6) is -0.114. The summed E-state index contributed by atoms with van der Waals surface area (Å²) in [4.78, 5) is 11.7. The van der Waals surface area contributed by atoms with Gasteiger partial charge in [-0.15, -0.1) is 0 Å². The molecule has 142 valence electrons. The van der Waals surface area contributed by atoms with Gasteiger partial charge in [0.25, 0.3) is 0 Å². The Morgan fingerprint density at radius 1 is 0.897 bits per heavy atom. The minimum Gasteiger partial charge on any atom is -0.744 e. The van der Waals surface area contributed by atoms with Crippen LogP contribution in [0.3, 0.4) is 0 Å². The van der Waals surface area contributed by atoms with Crippen LogP contribution in [0.4, 0.5) is 10.5 Å². The summed E-state index contributed by atoms with van der Waals surface area (Å²) in [5.41, 5.74) is 4.25. The summed E-state index contributed by atoms with van der Waals surface area (Å²) in [6.07, 6.45) is -0.821. The Morgan fingerprint density at radius 3 is 2.00 bits per heavy atom. The molecule has 0 unspecified atom stereocenters. The Kier molecular flexibility index (Phi) is 6.45. The van der Waals surface area contributed by atoms with E-state index in [1.807, 2.05) is 48.5 Å². The first-order valence-electron chi connectivity index (χ1n) is 8.62. The molecule has 1 amide bonds. The van der Waals surface area contributed by atoms with Crippen LogP contribution in [0.15, 0.2) is 77.7 Å². The molecule has 3 aromatic rings. The number of hydrogen-bond acceptors (Lipinski definition) is 5.